The van der Waals surface area contributed by atoms with E-state index in [-0.39, 0.29) is 0 Å². The van der Waals surface area contributed by atoms with Gasteiger partial charge in [-0.1, -0.05) is 36.4 Å². The third-order valence-corrected chi connectivity index (χ3v) is 5.54. The first-order valence-corrected chi connectivity index (χ1v) is 9.72. The van der Waals surface area contributed by atoms with Crippen molar-refractivity contribution in [1.82, 2.24) is 0 Å². The van der Waals surface area contributed by atoms with Crippen LogP contribution in [0.3, 0.4) is 0 Å². The monoisotopic (exact) mass is 377 g/mol. The fourth-order valence-corrected chi connectivity index (χ4v) is 3.53. The highest BCUT2D eigenvalue weighted by Crippen LogP contribution is 2.36. The van der Waals surface area contributed by atoms with Crippen molar-refractivity contribution >= 4 is 22.7 Å². The van der Waals surface area contributed by atoms with Crippen LogP contribution in [0.4, 0.5) is 11.4 Å². The van der Waals surface area contributed by atoms with Crippen LogP contribution in [-0.4, -0.2) is 5.71 Å². The number of fused-ring (bicyclic) bond motifs is 1. The summed E-state index contributed by atoms with van der Waals surface area (Å²) in [6.45, 7) is 8.39. The second-order valence-electron chi connectivity index (χ2n) is 7.56. The summed E-state index contributed by atoms with van der Waals surface area (Å²) in [4.78, 5) is 4.99. The van der Waals surface area contributed by atoms with Crippen LogP contribution in [0.1, 0.15) is 33.4 Å². The average molecular weight is 377 g/mol. The molecule has 3 aromatic rings. The van der Waals surface area contributed by atoms with Gasteiger partial charge in [-0.3, -0.25) is 0 Å². The molecule has 0 spiro atoms. The van der Waals surface area contributed by atoms with Crippen molar-refractivity contribution in [3.8, 4) is 6.07 Å². The van der Waals surface area contributed by atoms with E-state index in [1.165, 1.54) is 22.3 Å². The molecule has 3 aromatic carbocycles. The second kappa shape index (κ2) is 7.41. The summed E-state index contributed by atoms with van der Waals surface area (Å²) in [7, 11) is 0. The van der Waals surface area contributed by atoms with Crippen molar-refractivity contribution in [2.24, 2.45) is 4.99 Å². The van der Waals surface area contributed by atoms with Gasteiger partial charge in [-0.25, -0.2) is 4.99 Å². The Hall–Kier alpha value is -3.64. The summed E-state index contributed by atoms with van der Waals surface area (Å²) in [5.41, 5.74) is 10.8. The Bertz CT molecular complexity index is 1210. The zero-order chi connectivity index (χ0) is 20.5. The molecular weight excluding hydrogens is 354 g/mol. The molecule has 0 amide bonds. The first-order valence-electron chi connectivity index (χ1n) is 9.72. The van der Waals surface area contributed by atoms with Crippen molar-refractivity contribution in [2.45, 2.75) is 27.7 Å². The van der Waals surface area contributed by atoms with E-state index in [0.717, 1.165) is 33.9 Å². The van der Waals surface area contributed by atoms with Gasteiger partial charge in [0, 0.05) is 11.3 Å². The van der Waals surface area contributed by atoms with E-state index in [1.807, 2.05) is 36.4 Å². The molecule has 0 atom stereocenters. The van der Waals surface area contributed by atoms with E-state index < -0.39 is 0 Å². The lowest BCUT2D eigenvalue weighted by molar-refractivity contribution is 1.32. The average Bonchev–Trinajstić information content (AvgIpc) is 3.03. The standard InChI is InChI=1S/C26H23N3/c1-16-10-11-21(12-17(16)2)28-25-22-13-18(3)19(4)14-24(22)29-26(25)23(15-27)20-8-6-5-7-9-20/h5-14,29H,1-4H3/b26-23-,28-25?. The Morgan fingerprint density at radius 2 is 1.52 bits per heavy atom. The van der Waals surface area contributed by atoms with Crippen LogP contribution in [0.5, 0.6) is 0 Å². The Kier molecular flexibility index (Phi) is 4.78. The largest absolute Gasteiger partial charge is 0.352 e. The molecule has 1 heterocycles. The maximum Gasteiger partial charge on any atom is 0.102 e. The van der Waals surface area contributed by atoms with Crippen LogP contribution in [0.2, 0.25) is 0 Å². The number of benzene rings is 3. The van der Waals surface area contributed by atoms with Gasteiger partial charge >= 0.3 is 0 Å². The van der Waals surface area contributed by atoms with Crippen LogP contribution in [-0.2, 0) is 0 Å². The van der Waals surface area contributed by atoms with E-state index >= 15 is 0 Å². The van der Waals surface area contributed by atoms with Crippen LogP contribution >= 0.6 is 0 Å². The summed E-state index contributed by atoms with van der Waals surface area (Å²) in [6.07, 6.45) is 0. The highest BCUT2D eigenvalue weighted by molar-refractivity contribution is 6.26. The predicted octanol–water partition coefficient (Wildman–Crippen LogP) is 6.40. The number of aryl methyl sites for hydroxylation is 4. The van der Waals surface area contributed by atoms with E-state index in [9.17, 15) is 5.26 Å². The van der Waals surface area contributed by atoms with Gasteiger partial charge in [0.25, 0.3) is 0 Å². The predicted molar refractivity (Wildman–Crippen MR) is 121 cm³/mol. The van der Waals surface area contributed by atoms with Gasteiger partial charge in [-0.2, -0.15) is 5.26 Å². The minimum absolute atomic E-state index is 0.597. The maximum atomic E-state index is 9.99. The molecule has 0 radical (unpaired) electrons. The van der Waals surface area contributed by atoms with Crippen LogP contribution in [0.25, 0.3) is 5.57 Å². The van der Waals surface area contributed by atoms with Crippen molar-refractivity contribution in [1.29, 1.82) is 5.26 Å². The molecule has 142 valence electrons. The fraction of sp³-hybridized carbons (Fsp3) is 0.154. The summed E-state index contributed by atoms with van der Waals surface area (Å²) in [5.74, 6) is 0. The number of nitriles is 1. The zero-order valence-corrected chi connectivity index (χ0v) is 17.2. The quantitative estimate of drug-likeness (QED) is 0.525. The summed E-state index contributed by atoms with van der Waals surface area (Å²) in [6, 6.07) is 22.7. The zero-order valence-electron chi connectivity index (χ0n) is 17.2. The first kappa shape index (κ1) is 18.7. The van der Waals surface area contributed by atoms with Crippen LogP contribution in [0, 0.1) is 39.0 Å². The van der Waals surface area contributed by atoms with Crippen molar-refractivity contribution in [3.63, 3.8) is 0 Å². The Morgan fingerprint density at radius 1 is 0.828 bits per heavy atom. The number of nitrogens with one attached hydrogen (secondary N) is 1. The van der Waals surface area contributed by atoms with Gasteiger partial charge in [0.05, 0.1) is 22.7 Å². The summed E-state index contributed by atoms with van der Waals surface area (Å²) in [5, 5.41) is 13.5. The topological polar surface area (TPSA) is 48.2 Å². The molecular formula is C26H23N3. The van der Waals surface area contributed by atoms with Gasteiger partial charge in [-0.15, -0.1) is 0 Å². The number of anilines is 1. The van der Waals surface area contributed by atoms with E-state index in [4.69, 9.17) is 4.99 Å². The van der Waals surface area contributed by atoms with Crippen molar-refractivity contribution in [3.05, 3.63) is 99.7 Å². The number of nitrogens with zero attached hydrogens (tertiary/aromatic N) is 2. The smallest absolute Gasteiger partial charge is 0.102 e. The third kappa shape index (κ3) is 3.46. The van der Waals surface area contributed by atoms with Gasteiger partial charge in [0.1, 0.15) is 6.07 Å². The second-order valence-corrected chi connectivity index (χ2v) is 7.56. The van der Waals surface area contributed by atoms with Gasteiger partial charge in [0.15, 0.2) is 0 Å². The van der Waals surface area contributed by atoms with E-state index in [2.05, 4.69) is 63.3 Å². The van der Waals surface area contributed by atoms with Gasteiger partial charge in [-0.05, 0) is 79.8 Å². The maximum absolute atomic E-state index is 9.99. The van der Waals surface area contributed by atoms with E-state index in [1.54, 1.807) is 0 Å². The lowest BCUT2D eigenvalue weighted by Gasteiger charge is -2.08. The number of aliphatic imine (C=N–C) groups is 1. The first-order chi connectivity index (χ1) is 14.0. The van der Waals surface area contributed by atoms with Crippen molar-refractivity contribution in [2.75, 3.05) is 5.32 Å². The van der Waals surface area contributed by atoms with Gasteiger partial charge < -0.3 is 5.32 Å². The molecule has 4 rings (SSSR count). The fourth-order valence-electron chi connectivity index (χ4n) is 3.53. The molecule has 0 fully saturated rings. The molecule has 1 N–H and O–H groups in total. The molecule has 0 bridgehead atoms. The Balaban J connectivity index is 1.98. The number of rotatable bonds is 2. The molecule has 0 aromatic heterocycles. The highest BCUT2D eigenvalue weighted by Gasteiger charge is 2.27. The molecule has 1 aliphatic rings. The van der Waals surface area contributed by atoms with E-state index in [0.29, 0.717) is 5.57 Å². The molecule has 0 unspecified atom stereocenters. The summed E-state index contributed by atoms with van der Waals surface area (Å²) < 4.78 is 0. The number of hydrogen-bond acceptors (Lipinski definition) is 3. The minimum Gasteiger partial charge on any atom is -0.352 e. The Labute approximate surface area is 172 Å². The molecule has 0 aliphatic carbocycles. The van der Waals surface area contributed by atoms with Crippen LogP contribution in [0.15, 0.2) is 71.4 Å². The van der Waals surface area contributed by atoms with Gasteiger partial charge in [0.2, 0.25) is 0 Å². The molecule has 3 nitrogen and oxygen atoms in total. The highest BCUT2D eigenvalue weighted by atomic mass is 15.0. The lowest BCUT2D eigenvalue weighted by atomic mass is 9.99. The summed E-state index contributed by atoms with van der Waals surface area (Å²) >= 11 is 0. The van der Waals surface area contributed by atoms with Crippen LogP contribution < -0.4 is 5.32 Å². The minimum atomic E-state index is 0.597. The molecule has 3 heteroatoms. The molecule has 0 saturated heterocycles. The molecule has 0 saturated carbocycles. The Morgan fingerprint density at radius 3 is 2.21 bits per heavy atom. The van der Waals surface area contributed by atoms with Crippen molar-refractivity contribution < 1.29 is 0 Å². The normalized spacial score (nSPS) is 15.6. The lowest BCUT2D eigenvalue weighted by Crippen LogP contribution is -2.05. The number of allylic oxidation sites excluding steroid dienone is 2. The molecule has 1 aliphatic heterocycles. The molecule has 29 heavy (non-hydrogen) atoms. The third-order valence-electron chi connectivity index (χ3n) is 5.54. The number of hydrogen-bond donors (Lipinski definition) is 1. The SMILES string of the molecule is Cc1ccc(N=C2/C(=C(\C#N)c3ccccc3)Nc3cc(C)c(C)cc32)cc1C.